The number of aryl methyl sites for hydroxylation is 1. The molecule has 3 nitrogen and oxygen atoms in total. The molecule has 2 rings (SSSR count). The van der Waals surface area contributed by atoms with Crippen LogP contribution < -0.4 is 10.5 Å². The summed E-state index contributed by atoms with van der Waals surface area (Å²) < 4.78 is 5.68. The maximum atomic E-state index is 6.17. The van der Waals surface area contributed by atoms with Crippen LogP contribution in [-0.4, -0.2) is 4.98 Å². The predicted molar refractivity (Wildman–Crippen MR) is 77.4 cm³/mol. The minimum atomic E-state index is -0.0370. The minimum Gasteiger partial charge on any atom is -0.486 e. The zero-order valence-electron chi connectivity index (χ0n) is 11.1. The number of nitrogens with two attached hydrogens (primary N) is 1. The van der Waals surface area contributed by atoms with Crippen molar-refractivity contribution in [3.05, 3.63) is 58.4 Å². The van der Waals surface area contributed by atoms with E-state index in [1.54, 1.807) is 0 Å². The number of aromatic nitrogens is 1. The van der Waals surface area contributed by atoms with E-state index < -0.39 is 0 Å². The van der Waals surface area contributed by atoms with Gasteiger partial charge in [0.2, 0.25) is 0 Å². The molecule has 100 valence electrons. The number of hydrogen-bond acceptors (Lipinski definition) is 3. The van der Waals surface area contributed by atoms with Gasteiger partial charge >= 0.3 is 0 Å². The second-order valence-corrected chi connectivity index (χ2v) is 4.94. The Labute approximate surface area is 118 Å². The van der Waals surface area contributed by atoms with Gasteiger partial charge in [-0.15, -0.1) is 0 Å². The molecule has 2 N–H and O–H groups in total. The molecule has 0 fully saturated rings. The summed E-state index contributed by atoms with van der Waals surface area (Å²) in [4.78, 5) is 4.38. The monoisotopic (exact) mass is 276 g/mol. The predicted octanol–water partition coefficient (Wildman–Crippen LogP) is 3.64. The van der Waals surface area contributed by atoms with Crippen LogP contribution in [0.5, 0.6) is 5.75 Å². The molecule has 1 atom stereocenters. The van der Waals surface area contributed by atoms with Crippen LogP contribution in [0.15, 0.2) is 36.4 Å². The van der Waals surface area contributed by atoms with Crippen molar-refractivity contribution in [3.63, 3.8) is 0 Å². The third-order valence-electron chi connectivity index (χ3n) is 2.80. The first-order valence-electron chi connectivity index (χ1n) is 6.16. The lowest BCUT2D eigenvalue weighted by Gasteiger charge is -2.11. The molecule has 0 spiro atoms. The molecule has 0 aliphatic carbocycles. The van der Waals surface area contributed by atoms with Crippen LogP contribution in [0.1, 0.15) is 29.9 Å². The van der Waals surface area contributed by atoms with Gasteiger partial charge < -0.3 is 10.5 Å². The Hall–Kier alpha value is -1.58. The Balaban J connectivity index is 2.07. The molecule has 1 unspecified atom stereocenters. The van der Waals surface area contributed by atoms with E-state index in [1.165, 1.54) is 0 Å². The van der Waals surface area contributed by atoms with Gasteiger partial charge in [-0.25, -0.2) is 0 Å². The molecule has 0 aliphatic rings. The molecule has 0 radical (unpaired) electrons. The summed E-state index contributed by atoms with van der Waals surface area (Å²) in [5, 5.41) is 0.572. The van der Waals surface area contributed by atoms with E-state index >= 15 is 0 Å². The smallest absolute Gasteiger partial charge is 0.138 e. The fourth-order valence-corrected chi connectivity index (χ4v) is 1.99. The highest BCUT2D eigenvalue weighted by atomic mass is 35.5. The quantitative estimate of drug-likeness (QED) is 0.927. The number of ether oxygens (including phenoxy) is 1. The van der Waals surface area contributed by atoms with Crippen LogP contribution in [0.4, 0.5) is 0 Å². The molecule has 0 aliphatic heterocycles. The van der Waals surface area contributed by atoms with Gasteiger partial charge in [-0.05, 0) is 43.7 Å². The van der Waals surface area contributed by atoms with Crippen LogP contribution in [0.2, 0.25) is 5.02 Å². The first kappa shape index (κ1) is 13.8. The van der Waals surface area contributed by atoms with Gasteiger partial charge in [0.1, 0.15) is 12.4 Å². The second kappa shape index (κ2) is 6.04. The first-order valence-corrected chi connectivity index (χ1v) is 6.54. The Morgan fingerprint density at radius 2 is 2.11 bits per heavy atom. The van der Waals surface area contributed by atoms with Gasteiger partial charge in [0.05, 0.1) is 10.7 Å². The van der Waals surface area contributed by atoms with Crippen molar-refractivity contribution < 1.29 is 4.74 Å². The summed E-state index contributed by atoms with van der Waals surface area (Å²) in [7, 11) is 0. The van der Waals surface area contributed by atoms with E-state index in [-0.39, 0.29) is 6.04 Å². The third kappa shape index (κ3) is 3.69. The average molecular weight is 277 g/mol. The van der Waals surface area contributed by atoms with Crippen LogP contribution in [0.3, 0.4) is 0 Å². The summed E-state index contributed by atoms with van der Waals surface area (Å²) in [6.45, 7) is 4.27. The van der Waals surface area contributed by atoms with Gasteiger partial charge in [-0.2, -0.15) is 0 Å². The molecular formula is C15H17ClN2O. The van der Waals surface area contributed by atoms with Gasteiger partial charge in [0.15, 0.2) is 0 Å². The van der Waals surface area contributed by atoms with E-state index in [2.05, 4.69) is 4.98 Å². The lowest BCUT2D eigenvalue weighted by molar-refractivity contribution is 0.301. The highest BCUT2D eigenvalue weighted by Gasteiger charge is 2.06. The third-order valence-corrected chi connectivity index (χ3v) is 3.10. The molecule has 1 aromatic carbocycles. The number of rotatable bonds is 4. The molecule has 19 heavy (non-hydrogen) atoms. The Morgan fingerprint density at radius 3 is 2.74 bits per heavy atom. The van der Waals surface area contributed by atoms with Crippen molar-refractivity contribution in [1.82, 2.24) is 4.98 Å². The van der Waals surface area contributed by atoms with Crippen molar-refractivity contribution >= 4 is 11.6 Å². The maximum absolute atomic E-state index is 6.17. The lowest BCUT2D eigenvalue weighted by atomic mass is 10.1. The Bertz CT molecular complexity index is 570. The van der Waals surface area contributed by atoms with Crippen molar-refractivity contribution in [2.75, 3.05) is 0 Å². The average Bonchev–Trinajstić information content (AvgIpc) is 2.37. The summed E-state index contributed by atoms with van der Waals surface area (Å²) in [6, 6.07) is 11.4. The van der Waals surface area contributed by atoms with Crippen LogP contribution in [-0.2, 0) is 6.61 Å². The largest absolute Gasteiger partial charge is 0.486 e. The maximum Gasteiger partial charge on any atom is 0.138 e. The molecule has 0 saturated heterocycles. The molecule has 1 heterocycles. The molecular weight excluding hydrogens is 260 g/mol. The molecule has 0 amide bonds. The second-order valence-electron chi connectivity index (χ2n) is 4.54. The number of hydrogen-bond donors (Lipinski definition) is 1. The van der Waals surface area contributed by atoms with E-state index in [0.717, 1.165) is 17.0 Å². The van der Waals surface area contributed by atoms with E-state index in [4.69, 9.17) is 22.1 Å². The van der Waals surface area contributed by atoms with Gasteiger partial charge in [0, 0.05) is 11.7 Å². The van der Waals surface area contributed by atoms with Gasteiger partial charge in [-0.1, -0.05) is 23.7 Å². The van der Waals surface area contributed by atoms with Gasteiger partial charge in [-0.3, -0.25) is 4.98 Å². The van der Waals surface area contributed by atoms with Crippen molar-refractivity contribution in [3.8, 4) is 5.75 Å². The normalized spacial score (nSPS) is 12.2. The number of nitrogens with zero attached hydrogens (tertiary/aromatic N) is 1. The summed E-state index contributed by atoms with van der Waals surface area (Å²) in [6.07, 6.45) is 0. The fraction of sp³-hybridized carbons (Fsp3) is 0.267. The minimum absolute atomic E-state index is 0.0370. The fourth-order valence-electron chi connectivity index (χ4n) is 1.75. The van der Waals surface area contributed by atoms with Crippen LogP contribution >= 0.6 is 11.6 Å². The SMILES string of the molecule is Cc1cccc(COc2ccc(C(C)N)cc2Cl)n1. The summed E-state index contributed by atoms with van der Waals surface area (Å²) in [5.74, 6) is 0.648. The van der Waals surface area contributed by atoms with E-state index in [0.29, 0.717) is 17.4 Å². The molecule has 0 saturated carbocycles. The molecule has 1 aromatic heterocycles. The van der Waals surface area contributed by atoms with Crippen LogP contribution in [0.25, 0.3) is 0 Å². The first-order chi connectivity index (χ1) is 9.06. The highest BCUT2D eigenvalue weighted by Crippen LogP contribution is 2.27. The lowest BCUT2D eigenvalue weighted by Crippen LogP contribution is -2.05. The topological polar surface area (TPSA) is 48.1 Å². The van der Waals surface area contributed by atoms with Crippen molar-refractivity contribution in [2.24, 2.45) is 5.73 Å². The van der Waals surface area contributed by atoms with Gasteiger partial charge in [0.25, 0.3) is 0 Å². The number of pyridine rings is 1. The standard InChI is InChI=1S/C15H17ClN2O/c1-10-4-3-5-13(18-10)9-19-15-7-6-12(11(2)17)8-14(15)16/h3-8,11H,9,17H2,1-2H3. The zero-order chi connectivity index (χ0) is 13.8. The molecule has 4 heteroatoms. The molecule has 0 bridgehead atoms. The Morgan fingerprint density at radius 1 is 1.32 bits per heavy atom. The van der Waals surface area contributed by atoms with Crippen molar-refractivity contribution in [1.29, 1.82) is 0 Å². The van der Waals surface area contributed by atoms with E-state index in [1.807, 2.05) is 50.2 Å². The zero-order valence-corrected chi connectivity index (χ0v) is 11.8. The number of halogens is 1. The number of benzene rings is 1. The highest BCUT2D eigenvalue weighted by molar-refractivity contribution is 6.32. The Kier molecular flexibility index (Phi) is 4.40. The molecule has 2 aromatic rings. The summed E-state index contributed by atoms with van der Waals surface area (Å²) >= 11 is 6.17. The van der Waals surface area contributed by atoms with Crippen molar-refractivity contribution in [2.45, 2.75) is 26.5 Å². The van der Waals surface area contributed by atoms with Crippen LogP contribution in [0, 0.1) is 6.92 Å². The summed E-state index contributed by atoms with van der Waals surface area (Å²) in [5.41, 5.74) is 8.65. The van der Waals surface area contributed by atoms with E-state index in [9.17, 15) is 0 Å².